The van der Waals surface area contributed by atoms with Crippen molar-refractivity contribution in [1.82, 2.24) is 4.90 Å². The number of nitrogens with zero attached hydrogens (tertiary/aromatic N) is 1. The van der Waals surface area contributed by atoms with E-state index in [4.69, 9.17) is 21.7 Å². The monoisotopic (exact) mass is 461 g/mol. The Bertz CT molecular complexity index is 1130. The highest BCUT2D eigenvalue weighted by Gasteiger charge is 2.32. The van der Waals surface area contributed by atoms with Gasteiger partial charge in [0, 0.05) is 5.56 Å². The van der Waals surface area contributed by atoms with Gasteiger partial charge in [0.15, 0.2) is 0 Å². The van der Waals surface area contributed by atoms with Crippen LogP contribution in [0.25, 0.3) is 6.08 Å². The molecule has 0 aliphatic carbocycles. The largest absolute Gasteiger partial charge is 0.490 e. The molecule has 1 saturated heterocycles. The van der Waals surface area contributed by atoms with E-state index in [1.807, 2.05) is 91.9 Å². The Kier molecular flexibility index (Phi) is 7.24. The average molecular weight is 462 g/mol. The minimum absolute atomic E-state index is 0.0799. The zero-order valence-corrected chi connectivity index (χ0v) is 19.3. The number of carbonyl (C=O) groups excluding carboxylic acids is 1. The molecule has 0 bridgehead atoms. The molecule has 0 N–H and O–H groups in total. The summed E-state index contributed by atoms with van der Waals surface area (Å²) >= 11 is 6.80. The highest BCUT2D eigenvalue weighted by Crippen LogP contribution is 2.35. The number of amides is 1. The van der Waals surface area contributed by atoms with Gasteiger partial charge in [-0.25, -0.2) is 0 Å². The van der Waals surface area contributed by atoms with Crippen LogP contribution in [0.4, 0.5) is 0 Å². The molecule has 0 unspecified atom stereocenters. The summed E-state index contributed by atoms with van der Waals surface area (Å²) < 4.78 is 12.2. The van der Waals surface area contributed by atoms with Gasteiger partial charge in [-0.3, -0.25) is 9.69 Å². The van der Waals surface area contributed by atoms with Gasteiger partial charge in [-0.05, 0) is 42.8 Å². The Morgan fingerprint density at radius 2 is 1.62 bits per heavy atom. The van der Waals surface area contributed by atoms with Crippen LogP contribution < -0.4 is 9.47 Å². The number of rotatable bonds is 8. The summed E-state index contributed by atoms with van der Waals surface area (Å²) in [6.07, 6.45) is 1.87. The molecule has 1 heterocycles. The van der Waals surface area contributed by atoms with Crippen molar-refractivity contribution < 1.29 is 14.3 Å². The normalized spacial score (nSPS) is 14.8. The zero-order chi connectivity index (χ0) is 22.3. The van der Waals surface area contributed by atoms with Crippen LogP contribution in [0.3, 0.4) is 0 Å². The fourth-order valence-corrected chi connectivity index (χ4v) is 4.53. The van der Waals surface area contributed by atoms with Gasteiger partial charge in [-0.15, -0.1) is 0 Å². The van der Waals surface area contributed by atoms with Crippen molar-refractivity contribution in [2.75, 3.05) is 13.2 Å². The lowest BCUT2D eigenvalue weighted by Gasteiger charge is -2.14. The molecule has 0 aromatic heterocycles. The van der Waals surface area contributed by atoms with E-state index in [0.29, 0.717) is 34.7 Å². The van der Waals surface area contributed by atoms with E-state index < -0.39 is 0 Å². The van der Waals surface area contributed by atoms with Crippen LogP contribution >= 0.6 is 24.0 Å². The van der Waals surface area contributed by atoms with Crippen molar-refractivity contribution in [1.29, 1.82) is 0 Å². The zero-order valence-electron chi connectivity index (χ0n) is 17.7. The summed E-state index contributed by atoms with van der Waals surface area (Å²) in [5.41, 5.74) is 2.98. The first-order chi connectivity index (χ1) is 15.6. The summed E-state index contributed by atoms with van der Waals surface area (Å²) in [6.45, 7) is 3.31. The Labute approximate surface area is 197 Å². The number of benzene rings is 3. The van der Waals surface area contributed by atoms with Gasteiger partial charge in [-0.1, -0.05) is 84.1 Å². The topological polar surface area (TPSA) is 38.8 Å². The van der Waals surface area contributed by atoms with Gasteiger partial charge in [0.05, 0.1) is 11.4 Å². The summed E-state index contributed by atoms with van der Waals surface area (Å²) in [5, 5.41) is 0. The third kappa shape index (κ3) is 5.58. The number of aryl methyl sites for hydroxylation is 1. The Morgan fingerprint density at radius 1 is 0.938 bits per heavy atom. The number of thioether (sulfide) groups is 1. The molecule has 6 heteroatoms. The van der Waals surface area contributed by atoms with Gasteiger partial charge in [0.2, 0.25) is 0 Å². The van der Waals surface area contributed by atoms with E-state index in [1.165, 1.54) is 11.8 Å². The molecule has 4 rings (SSSR count). The standard InChI is InChI=1S/C26H23NO3S2/c1-19-12-13-23(30-15-14-29-22-10-6-3-7-11-22)21(16-19)17-24-25(28)27(26(31)32-24)18-20-8-4-2-5-9-20/h2-13,16-17H,14-15,18H2,1H3. The second kappa shape index (κ2) is 10.5. The maximum absolute atomic E-state index is 13.0. The molecule has 3 aromatic rings. The second-order valence-electron chi connectivity index (χ2n) is 7.30. The summed E-state index contributed by atoms with van der Waals surface area (Å²) in [7, 11) is 0. The number of thiocarbonyl (C=S) groups is 1. The quantitative estimate of drug-likeness (QED) is 0.239. The SMILES string of the molecule is Cc1ccc(OCCOc2ccccc2)c(C=C2SC(=S)N(Cc3ccccc3)C2=O)c1. The summed E-state index contributed by atoms with van der Waals surface area (Å²) in [5.74, 6) is 1.44. The number of hydrogen-bond acceptors (Lipinski definition) is 5. The van der Waals surface area contributed by atoms with E-state index in [2.05, 4.69) is 0 Å². The number of para-hydroxylation sites is 1. The first-order valence-corrected chi connectivity index (χ1v) is 11.5. The predicted octanol–water partition coefficient (Wildman–Crippen LogP) is 5.85. The van der Waals surface area contributed by atoms with Gasteiger partial charge >= 0.3 is 0 Å². The first kappa shape index (κ1) is 22.1. The van der Waals surface area contributed by atoms with Gasteiger partial charge in [-0.2, -0.15) is 0 Å². The maximum atomic E-state index is 13.0. The Balaban J connectivity index is 1.45. The van der Waals surface area contributed by atoms with E-state index in [0.717, 1.165) is 22.4 Å². The Hall–Kier alpha value is -3.09. The fraction of sp³-hybridized carbons (Fsp3) is 0.154. The molecule has 0 saturated carbocycles. The number of carbonyl (C=O) groups is 1. The summed E-state index contributed by atoms with van der Waals surface area (Å²) in [4.78, 5) is 15.3. The van der Waals surface area contributed by atoms with Crippen molar-refractivity contribution in [3.05, 3.63) is 100 Å². The number of ether oxygens (including phenoxy) is 2. The minimum atomic E-state index is -0.0799. The van der Waals surface area contributed by atoms with Gasteiger partial charge in [0.25, 0.3) is 5.91 Å². The molecule has 4 nitrogen and oxygen atoms in total. The van der Waals surface area contributed by atoms with Gasteiger partial charge < -0.3 is 9.47 Å². The first-order valence-electron chi connectivity index (χ1n) is 10.3. The van der Waals surface area contributed by atoms with E-state index in [-0.39, 0.29) is 5.91 Å². The lowest BCUT2D eigenvalue weighted by atomic mass is 10.1. The Morgan fingerprint density at radius 3 is 2.38 bits per heavy atom. The van der Waals surface area contributed by atoms with E-state index in [9.17, 15) is 4.79 Å². The van der Waals surface area contributed by atoms with E-state index in [1.54, 1.807) is 4.90 Å². The minimum Gasteiger partial charge on any atom is -0.490 e. The van der Waals surface area contributed by atoms with E-state index >= 15 is 0 Å². The molecule has 1 fully saturated rings. The highest BCUT2D eigenvalue weighted by atomic mass is 32.2. The third-order valence-electron chi connectivity index (χ3n) is 4.86. The van der Waals surface area contributed by atoms with Crippen molar-refractivity contribution in [2.24, 2.45) is 0 Å². The van der Waals surface area contributed by atoms with Crippen LogP contribution in [-0.2, 0) is 11.3 Å². The van der Waals surface area contributed by atoms with Crippen molar-refractivity contribution in [3.8, 4) is 11.5 Å². The molecular weight excluding hydrogens is 438 g/mol. The molecule has 32 heavy (non-hydrogen) atoms. The molecule has 1 amide bonds. The highest BCUT2D eigenvalue weighted by molar-refractivity contribution is 8.26. The third-order valence-corrected chi connectivity index (χ3v) is 6.24. The van der Waals surface area contributed by atoms with Crippen molar-refractivity contribution >= 4 is 40.3 Å². The van der Waals surface area contributed by atoms with Crippen LogP contribution in [0.5, 0.6) is 11.5 Å². The van der Waals surface area contributed by atoms with Crippen LogP contribution in [-0.4, -0.2) is 28.3 Å². The molecular formula is C26H23NO3S2. The lowest BCUT2D eigenvalue weighted by Crippen LogP contribution is -2.27. The smallest absolute Gasteiger partial charge is 0.266 e. The average Bonchev–Trinajstić information content (AvgIpc) is 3.06. The fourth-order valence-electron chi connectivity index (χ4n) is 3.28. The van der Waals surface area contributed by atoms with Crippen molar-refractivity contribution in [3.63, 3.8) is 0 Å². The van der Waals surface area contributed by atoms with Crippen LogP contribution in [0.1, 0.15) is 16.7 Å². The molecule has 162 valence electrons. The van der Waals surface area contributed by atoms with Crippen LogP contribution in [0, 0.1) is 6.92 Å². The van der Waals surface area contributed by atoms with Crippen LogP contribution in [0.2, 0.25) is 0 Å². The maximum Gasteiger partial charge on any atom is 0.266 e. The lowest BCUT2D eigenvalue weighted by molar-refractivity contribution is -0.122. The van der Waals surface area contributed by atoms with Gasteiger partial charge in [0.1, 0.15) is 29.0 Å². The molecule has 1 aliphatic rings. The molecule has 1 aliphatic heterocycles. The van der Waals surface area contributed by atoms with Crippen LogP contribution in [0.15, 0.2) is 83.8 Å². The van der Waals surface area contributed by atoms with Crippen molar-refractivity contribution in [2.45, 2.75) is 13.5 Å². The second-order valence-corrected chi connectivity index (χ2v) is 8.98. The molecule has 0 spiro atoms. The molecule has 0 atom stereocenters. The summed E-state index contributed by atoms with van der Waals surface area (Å²) in [6, 6.07) is 25.4. The number of hydrogen-bond donors (Lipinski definition) is 0. The molecule has 0 radical (unpaired) electrons. The molecule has 3 aromatic carbocycles. The predicted molar refractivity (Wildman–Crippen MR) is 134 cm³/mol.